The van der Waals surface area contributed by atoms with E-state index in [0.717, 1.165) is 0 Å². The zero-order chi connectivity index (χ0) is 18.6. The van der Waals surface area contributed by atoms with Crippen LogP contribution in [0.2, 0.25) is 0 Å². The van der Waals surface area contributed by atoms with Crippen molar-refractivity contribution in [3.63, 3.8) is 0 Å². The van der Waals surface area contributed by atoms with Crippen molar-refractivity contribution in [2.75, 3.05) is 63.9 Å². The number of piperazine rings is 2. The molecule has 1 aromatic rings. The van der Waals surface area contributed by atoms with Crippen molar-refractivity contribution in [3.05, 3.63) is 18.5 Å². The first-order chi connectivity index (χ1) is 12.5. The summed E-state index contributed by atoms with van der Waals surface area (Å²) in [6, 6.07) is 1.75. The molecule has 0 atom stereocenters. The van der Waals surface area contributed by atoms with Crippen LogP contribution in [0.4, 0.5) is 10.7 Å². The third-order valence-electron chi connectivity index (χ3n) is 4.49. The minimum absolute atomic E-state index is 0.281. The number of amides is 1. The first-order valence-corrected chi connectivity index (χ1v) is 10.1. The second-order valence-electron chi connectivity index (χ2n) is 6.03. The third kappa shape index (κ3) is 4.05. The second-order valence-corrected chi connectivity index (χ2v) is 7.96. The molecule has 0 radical (unpaired) electrons. The van der Waals surface area contributed by atoms with Gasteiger partial charge in [-0.25, -0.2) is 14.8 Å². The quantitative estimate of drug-likeness (QED) is 0.697. The Balaban J connectivity index is 1.54. The molecular formula is C15H24N6O4S. The van der Waals surface area contributed by atoms with Crippen LogP contribution < -0.4 is 4.90 Å². The highest BCUT2D eigenvalue weighted by Crippen LogP contribution is 2.17. The van der Waals surface area contributed by atoms with Crippen LogP contribution in [0.25, 0.3) is 0 Å². The summed E-state index contributed by atoms with van der Waals surface area (Å²) in [4.78, 5) is 23.7. The van der Waals surface area contributed by atoms with Crippen molar-refractivity contribution in [2.45, 2.75) is 6.92 Å². The monoisotopic (exact) mass is 384 g/mol. The van der Waals surface area contributed by atoms with Crippen LogP contribution in [0, 0.1) is 0 Å². The van der Waals surface area contributed by atoms with Crippen LogP contribution in [0.3, 0.4) is 0 Å². The second kappa shape index (κ2) is 8.14. The van der Waals surface area contributed by atoms with Gasteiger partial charge in [0.1, 0.15) is 0 Å². The van der Waals surface area contributed by atoms with E-state index in [0.29, 0.717) is 51.8 Å². The van der Waals surface area contributed by atoms with Crippen molar-refractivity contribution in [1.82, 2.24) is 23.5 Å². The van der Waals surface area contributed by atoms with Gasteiger partial charge in [-0.2, -0.15) is 17.0 Å². The number of hydrogen-bond acceptors (Lipinski definition) is 7. The number of carbonyl (C=O) groups excluding carboxylic acids is 1. The van der Waals surface area contributed by atoms with Crippen molar-refractivity contribution in [3.8, 4) is 0 Å². The maximum absolute atomic E-state index is 12.9. The average Bonchev–Trinajstić information content (AvgIpc) is 2.69. The van der Waals surface area contributed by atoms with Crippen LogP contribution in [-0.4, -0.2) is 97.0 Å². The van der Waals surface area contributed by atoms with E-state index >= 15 is 0 Å². The van der Waals surface area contributed by atoms with Crippen LogP contribution >= 0.6 is 0 Å². The van der Waals surface area contributed by atoms with E-state index in [9.17, 15) is 13.2 Å². The van der Waals surface area contributed by atoms with Gasteiger partial charge in [0.25, 0.3) is 10.2 Å². The van der Waals surface area contributed by atoms with Crippen LogP contribution in [0.1, 0.15) is 6.92 Å². The van der Waals surface area contributed by atoms with Gasteiger partial charge in [-0.1, -0.05) is 0 Å². The molecule has 10 nitrogen and oxygen atoms in total. The van der Waals surface area contributed by atoms with Crippen molar-refractivity contribution in [1.29, 1.82) is 0 Å². The van der Waals surface area contributed by atoms with Crippen LogP contribution in [-0.2, 0) is 14.9 Å². The van der Waals surface area contributed by atoms with Gasteiger partial charge in [0.2, 0.25) is 5.95 Å². The van der Waals surface area contributed by atoms with E-state index < -0.39 is 10.2 Å². The van der Waals surface area contributed by atoms with E-state index in [-0.39, 0.29) is 19.2 Å². The maximum Gasteiger partial charge on any atom is 0.409 e. The van der Waals surface area contributed by atoms with Gasteiger partial charge in [0.05, 0.1) is 6.61 Å². The fourth-order valence-electron chi connectivity index (χ4n) is 3.05. The fraction of sp³-hybridized carbons (Fsp3) is 0.667. The van der Waals surface area contributed by atoms with Crippen molar-refractivity contribution >= 4 is 22.3 Å². The van der Waals surface area contributed by atoms with E-state index in [2.05, 4.69) is 9.97 Å². The first kappa shape index (κ1) is 18.8. The zero-order valence-corrected chi connectivity index (χ0v) is 15.6. The molecule has 0 N–H and O–H groups in total. The summed E-state index contributed by atoms with van der Waals surface area (Å²) in [5, 5.41) is 0. The van der Waals surface area contributed by atoms with Gasteiger partial charge >= 0.3 is 6.09 Å². The molecule has 0 aromatic carbocycles. The molecule has 2 aliphatic rings. The Hall–Kier alpha value is -1.98. The number of aromatic nitrogens is 2. The summed E-state index contributed by atoms with van der Waals surface area (Å²) in [7, 11) is -3.53. The smallest absolute Gasteiger partial charge is 0.409 e. The third-order valence-corrected chi connectivity index (χ3v) is 6.53. The van der Waals surface area contributed by atoms with Gasteiger partial charge in [0.15, 0.2) is 0 Å². The Morgan fingerprint density at radius 1 is 1.00 bits per heavy atom. The molecule has 3 heterocycles. The molecule has 11 heteroatoms. The molecule has 2 saturated heterocycles. The summed E-state index contributed by atoms with van der Waals surface area (Å²) in [5.41, 5.74) is 0. The number of ether oxygens (including phenoxy) is 1. The first-order valence-electron chi connectivity index (χ1n) is 8.71. The highest BCUT2D eigenvalue weighted by atomic mass is 32.2. The van der Waals surface area contributed by atoms with E-state index in [1.807, 2.05) is 4.90 Å². The summed E-state index contributed by atoms with van der Waals surface area (Å²) >= 11 is 0. The van der Waals surface area contributed by atoms with Crippen LogP contribution in [0.15, 0.2) is 18.5 Å². The Morgan fingerprint density at radius 3 is 2.08 bits per heavy atom. The standard InChI is InChI=1S/C15H24N6O4S/c1-2-25-15(22)19-8-12-21(13-9-19)26(23,24)20-10-6-18(7-11-20)14-16-4-3-5-17-14/h3-5H,2,6-13H2,1H3. The molecule has 0 bridgehead atoms. The predicted octanol–water partition coefficient (Wildman–Crippen LogP) is -0.382. The van der Waals surface area contributed by atoms with Gasteiger partial charge in [0, 0.05) is 64.8 Å². The fourth-order valence-corrected chi connectivity index (χ4v) is 4.63. The molecule has 1 aromatic heterocycles. The molecule has 1 amide bonds. The van der Waals surface area contributed by atoms with E-state index in [1.54, 1.807) is 30.3 Å². The molecule has 26 heavy (non-hydrogen) atoms. The molecule has 3 rings (SSSR count). The lowest BCUT2D eigenvalue weighted by molar-refractivity contribution is 0.0923. The van der Waals surface area contributed by atoms with Crippen molar-refractivity contribution < 1.29 is 17.9 Å². The van der Waals surface area contributed by atoms with Gasteiger partial charge in [-0.15, -0.1) is 0 Å². The lowest BCUT2D eigenvalue weighted by atomic mass is 10.4. The topological polar surface area (TPSA) is 99.2 Å². The highest BCUT2D eigenvalue weighted by molar-refractivity contribution is 7.86. The number of rotatable bonds is 4. The summed E-state index contributed by atoms with van der Waals surface area (Å²) in [6.07, 6.45) is 2.96. The van der Waals surface area contributed by atoms with Crippen molar-refractivity contribution in [2.24, 2.45) is 0 Å². The van der Waals surface area contributed by atoms with Gasteiger partial charge < -0.3 is 14.5 Å². The zero-order valence-electron chi connectivity index (χ0n) is 14.8. The van der Waals surface area contributed by atoms with Gasteiger partial charge in [-0.05, 0) is 13.0 Å². The molecule has 0 aliphatic carbocycles. The Kier molecular flexibility index (Phi) is 5.89. The maximum atomic E-state index is 12.9. The molecule has 2 fully saturated rings. The predicted molar refractivity (Wildman–Crippen MR) is 94.9 cm³/mol. The number of hydrogen-bond donors (Lipinski definition) is 0. The largest absolute Gasteiger partial charge is 0.450 e. The number of carbonyl (C=O) groups is 1. The normalized spacial score (nSPS) is 20.2. The minimum atomic E-state index is -3.53. The summed E-state index contributed by atoms with van der Waals surface area (Å²) in [5.74, 6) is 0.618. The molecular weight excluding hydrogens is 360 g/mol. The van der Waals surface area contributed by atoms with Crippen LogP contribution in [0.5, 0.6) is 0 Å². The minimum Gasteiger partial charge on any atom is -0.450 e. The van der Waals surface area contributed by atoms with Gasteiger partial charge in [-0.3, -0.25) is 0 Å². The Labute approximate surface area is 153 Å². The van der Waals surface area contributed by atoms with E-state index in [4.69, 9.17) is 4.74 Å². The Morgan fingerprint density at radius 2 is 1.54 bits per heavy atom. The molecule has 0 spiro atoms. The summed E-state index contributed by atoms with van der Waals surface area (Å²) < 4.78 is 33.6. The number of nitrogens with zero attached hydrogens (tertiary/aromatic N) is 6. The molecule has 0 unspecified atom stereocenters. The van der Waals surface area contributed by atoms with E-state index in [1.165, 1.54) is 8.61 Å². The Bertz CT molecular complexity index is 700. The average molecular weight is 384 g/mol. The molecule has 144 valence electrons. The summed E-state index contributed by atoms with van der Waals surface area (Å²) in [6.45, 7) is 5.18. The number of anilines is 1. The SMILES string of the molecule is CCOC(=O)N1CCN(S(=O)(=O)N2CCN(c3ncccn3)CC2)CC1. The lowest BCUT2D eigenvalue weighted by Crippen LogP contribution is -2.57. The lowest BCUT2D eigenvalue weighted by Gasteiger charge is -2.39. The molecule has 0 saturated carbocycles. The molecule has 2 aliphatic heterocycles. The highest BCUT2D eigenvalue weighted by Gasteiger charge is 2.35.